The van der Waals surface area contributed by atoms with Crippen molar-refractivity contribution in [3.8, 4) is 0 Å². The number of halogens is 3. The van der Waals surface area contributed by atoms with Gasteiger partial charge in [-0.3, -0.25) is 4.79 Å². The standard InChI is InChI=1S/C18H15F3N2O/c19-18(20,21)15-5-3-14(4-6-15)17(24)23-9-7-12-1-2-13-8-10-22-16(13)11-12/h1-6,8,10-11,22H,7,9H2,(H,23,24). The minimum atomic E-state index is -4.40. The van der Waals surface area contributed by atoms with Crippen molar-refractivity contribution in [2.45, 2.75) is 12.6 Å². The van der Waals surface area contributed by atoms with E-state index in [1.807, 2.05) is 30.5 Å². The van der Waals surface area contributed by atoms with Gasteiger partial charge in [0.05, 0.1) is 5.56 Å². The third-order valence-corrected chi connectivity index (χ3v) is 3.79. The molecule has 1 heterocycles. The first-order chi connectivity index (χ1) is 11.4. The van der Waals surface area contributed by atoms with E-state index in [1.54, 1.807) is 0 Å². The van der Waals surface area contributed by atoms with Crippen LogP contribution >= 0.6 is 0 Å². The van der Waals surface area contributed by atoms with Gasteiger partial charge in [0.25, 0.3) is 5.91 Å². The molecule has 2 N–H and O–H groups in total. The molecule has 0 aliphatic carbocycles. The average Bonchev–Trinajstić information content (AvgIpc) is 3.02. The molecule has 0 atom stereocenters. The fraction of sp³-hybridized carbons (Fsp3) is 0.167. The fourth-order valence-corrected chi connectivity index (χ4v) is 2.48. The van der Waals surface area contributed by atoms with Crippen LogP contribution in [0, 0.1) is 0 Å². The van der Waals surface area contributed by atoms with Crippen LogP contribution < -0.4 is 5.32 Å². The van der Waals surface area contributed by atoms with Crippen LogP contribution in [0.5, 0.6) is 0 Å². The van der Waals surface area contributed by atoms with Gasteiger partial charge in [0.2, 0.25) is 0 Å². The predicted octanol–water partition coefficient (Wildman–Crippen LogP) is 4.16. The molecule has 6 heteroatoms. The lowest BCUT2D eigenvalue weighted by Crippen LogP contribution is -2.25. The lowest BCUT2D eigenvalue weighted by molar-refractivity contribution is -0.137. The first-order valence-electron chi connectivity index (χ1n) is 7.45. The second kappa shape index (κ2) is 6.39. The molecule has 0 unspecified atom stereocenters. The summed E-state index contributed by atoms with van der Waals surface area (Å²) in [6, 6.07) is 12.2. The number of aromatic nitrogens is 1. The Bertz CT molecular complexity index is 851. The summed E-state index contributed by atoms with van der Waals surface area (Å²) in [4.78, 5) is 15.1. The Kier molecular flexibility index (Phi) is 4.29. The summed E-state index contributed by atoms with van der Waals surface area (Å²) in [6.45, 7) is 0.409. The Morgan fingerprint density at radius 2 is 1.79 bits per heavy atom. The molecule has 0 aliphatic heterocycles. The molecule has 3 rings (SSSR count). The highest BCUT2D eigenvalue weighted by Gasteiger charge is 2.30. The second-order valence-electron chi connectivity index (χ2n) is 5.48. The van der Waals surface area contributed by atoms with Crippen molar-refractivity contribution < 1.29 is 18.0 Å². The third-order valence-electron chi connectivity index (χ3n) is 3.79. The summed E-state index contributed by atoms with van der Waals surface area (Å²) >= 11 is 0. The van der Waals surface area contributed by atoms with E-state index in [1.165, 1.54) is 12.1 Å². The zero-order valence-corrected chi connectivity index (χ0v) is 12.7. The SMILES string of the molecule is O=C(NCCc1ccc2cc[nH]c2c1)c1ccc(C(F)(F)F)cc1. The number of nitrogens with one attached hydrogen (secondary N) is 2. The number of aromatic amines is 1. The summed E-state index contributed by atoms with van der Waals surface area (Å²) in [5.74, 6) is -0.385. The molecule has 0 radical (unpaired) electrons. The Morgan fingerprint density at radius 3 is 2.50 bits per heavy atom. The molecule has 2 aromatic carbocycles. The van der Waals surface area contributed by atoms with E-state index in [4.69, 9.17) is 0 Å². The molecule has 0 fully saturated rings. The average molecular weight is 332 g/mol. The van der Waals surface area contributed by atoms with Crippen molar-refractivity contribution in [2.75, 3.05) is 6.54 Å². The highest BCUT2D eigenvalue weighted by molar-refractivity contribution is 5.94. The maximum Gasteiger partial charge on any atom is 0.416 e. The van der Waals surface area contributed by atoms with Crippen LogP contribution in [0.25, 0.3) is 10.9 Å². The number of carbonyl (C=O) groups is 1. The summed E-state index contributed by atoms with van der Waals surface area (Å²) in [7, 11) is 0. The molecule has 3 aromatic rings. The normalized spacial score (nSPS) is 11.6. The van der Waals surface area contributed by atoms with Gasteiger partial charge >= 0.3 is 6.18 Å². The highest BCUT2D eigenvalue weighted by Crippen LogP contribution is 2.29. The van der Waals surface area contributed by atoms with Crippen LogP contribution in [0.3, 0.4) is 0 Å². The van der Waals surface area contributed by atoms with E-state index < -0.39 is 11.7 Å². The van der Waals surface area contributed by atoms with Crippen molar-refractivity contribution in [1.82, 2.24) is 10.3 Å². The third kappa shape index (κ3) is 3.59. The monoisotopic (exact) mass is 332 g/mol. The summed E-state index contributed by atoms with van der Waals surface area (Å²) < 4.78 is 37.5. The first kappa shape index (κ1) is 16.1. The van der Waals surface area contributed by atoms with E-state index >= 15 is 0 Å². The zero-order chi connectivity index (χ0) is 17.2. The molecule has 0 spiro atoms. The van der Waals surface area contributed by atoms with Gasteiger partial charge in [0, 0.05) is 23.8 Å². The molecule has 0 saturated heterocycles. The fourth-order valence-electron chi connectivity index (χ4n) is 2.48. The number of alkyl halides is 3. The summed E-state index contributed by atoms with van der Waals surface area (Å²) in [5, 5.41) is 3.84. The van der Waals surface area contributed by atoms with Gasteiger partial charge in [-0.05, 0) is 53.8 Å². The Hall–Kier alpha value is -2.76. The molecule has 1 aromatic heterocycles. The van der Waals surface area contributed by atoms with Crippen LogP contribution in [-0.4, -0.2) is 17.4 Å². The minimum Gasteiger partial charge on any atom is -0.361 e. The highest BCUT2D eigenvalue weighted by atomic mass is 19.4. The number of rotatable bonds is 4. The van der Waals surface area contributed by atoms with Crippen molar-refractivity contribution in [1.29, 1.82) is 0 Å². The van der Waals surface area contributed by atoms with Gasteiger partial charge in [-0.25, -0.2) is 0 Å². The van der Waals surface area contributed by atoms with Crippen LogP contribution in [0.4, 0.5) is 13.2 Å². The van der Waals surface area contributed by atoms with E-state index in [2.05, 4.69) is 10.3 Å². The molecule has 124 valence electrons. The van der Waals surface area contributed by atoms with Crippen LogP contribution in [0.2, 0.25) is 0 Å². The van der Waals surface area contributed by atoms with E-state index in [9.17, 15) is 18.0 Å². The number of fused-ring (bicyclic) bond motifs is 1. The molecule has 24 heavy (non-hydrogen) atoms. The quantitative estimate of drug-likeness (QED) is 0.740. The Labute approximate surface area is 136 Å². The molecule has 0 bridgehead atoms. The Balaban J connectivity index is 1.57. The van der Waals surface area contributed by atoms with Crippen LogP contribution in [-0.2, 0) is 12.6 Å². The predicted molar refractivity (Wildman–Crippen MR) is 85.8 cm³/mol. The van der Waals surface area contributed by atoms with Gasteiger partial charge in [0.15, 0.2) is 0 Å². The van der Waals surface area contributed by atoms with Crippen molar-refractivity contribution in [2.24, 2.45) is 0 Å². The number of H-pyrrole nitrogens is 1. The number of amides is 1. The largest absolute Gasteiger partial charge is 0.416 e. The summed E-state index contributed by atoms with van der Waals surface area (Å²) in [5.41, 5.74) is 1.54. The van der Waals surface area contributed by atoms with Crippen molar-refractivity contribution in [3.63, 3.8) is 0 Å². The van der Waals surface area contributed by atoms with E-state index in [-0.39, 0.29) is 11.5 Å². The number of benzene rings is 2. The Morgan fingerprint density at radius 1 is 1.04 bits per heavy atom. The number of carbonyl (C=O) groups excluding carboxylic acids is 1. The smallest absolute Gasteiger partial charge is 0.361 e. The molecule has 3 nitrogen and oxygen atoms in total. The summed E-state index contributed by atoms with van der Waals surface area (Å²) in [6.07, 6.45) is -1.90. The van der Waals surface area contributed by atoms with Gasteiger partial charge in [-0.2, -0.15) is 13.2 Å². The lowest BCUT2D eigenvalue weighted by atomic mass is 10.1. The molecule has 1 amide bonds. The van der Waals surface area contributed by atoms with Crippen LogP contribution in [0.15, 0.2) is 54.7 Å². The van der Waals surface area contributed by atoms with Gasteiger partial charge in [-0.1, -0.05) is 12.1 Å². The van der Waals surface area contributed by atoms with Gasteiger partial charge < -0.3 is 10.3 Å². The second-order valence-corrected chi connectivity index (χ2v) is 5.48. The van der Waals surface area contributed by atoms with E-state index in [0.717, 1.165) is 28.6 Å². The van der Waals surface area contributed by atoms with Gasteiger partial charge in [-0.15, -0.1) is 0 Å². The number of hydrogen-bond acceptors (Lipinski definition) is 1. The van der Waals surface area contributed by atoms with Crippen molar-refractivity contribution >= 4 is 16.8 Å². The van der Waals surface area contributed by atoms with Crippen LogP contribution in [0.1, 0.15) is 21.5 Å². The maximum absolute atomic E-state index is 12.5. The molecule has 0 saturated carbocycles. The molecular weight excluding hydrogens is 317 g/mol. The zero-order valence-electron chi connectivity index (χ0n) is 12.7. The van der Waals surface area contributed by atoms with E-state index in [0.29, 0.717) is 13.0 Å². The number of hydrogen-bond donors (Lipinski definition) is 2. The lowest BCUT2D eigenvalue weighted by Gasteiger charge is -2.08. The molecular formula is C18H15F3N2O. The van der Waals surface area contributed by atoms with Gasteiger partial charge in [0.1, 0.15) is 0 Å². The maximum atomic E-state index is 12.5. The first-order valence-corrected chi connectivity index (χ1v) is 7.45. The molecule has 0 aliphatic rings. The minimum absolute atomic E-state index is 0.211. The van der Waals surface area contributed by atoms with Crippen molar-refractivity contribution in [3.05, 3.63) is 71.4 Å². The topological polar surface area (TPSA) is 44.9 Å².